The predicted octanol–water partition coefficient (Wildman–Crippen LogP) is 1.60. The number of aliphatic hydroxyl groups is 1. The van der Waals surface area contributed by atoms with Crippen molar-refractivity contribution in [3.05, 3.63) is 39.9 Å². The number of cyclic esters (lactones) is 1. The molecule has 2 atom stereocenters. The smallest absolute Gasteiger partial charge is 0.338 e. The quantitative estimate of drug-likeness (QED) is 0.660. The lowest BCUT2D eigenvalue weighted by atomic mass is 10.1. The highest BCUT2D eigenvalue weighted by molar-refractivity contribution is 8.25. The first-order valence-corrected chi connectivity index (χ1v) is 8.01. The number of hydrogen-bond acceptors (Lipinski definition) is 6. The first-order chi connectivity index (χ1) is 9.25. The SMILES string of the molecule is O=C1O[C@@H](Cc2ccccn2)[C@@H](O)C1=C1SCCS1. The van der Waals surface area contributed by atoms with Crippen LogP contribution in [0, 0.1) is 0 Å². The summed E-state index contributed by atoms with van der Waals surface area (Å²) in [5, 5.41) is 10.3. The number of nitrogens with zero attached hydrogens (tertiary/aromatic N) is 1. The maximum atomic E-state index is 11.9. The van der Waals surface area contributed by atoms with E-state index in [9.17, 15) is 9.90 Å². The maximum absolute atomic E-state index is 11.9. The molecule has 3 heterocycles. The second kappa shape index (κ2) is 5.56. The van der Waals surface area contributed by atoms with Gasteiger partial charge in [-0.15, -0.1) is 23.5 Å². The lowest BCUT2D eigenvalue weighted by Crippen LogP contribution is -2.25. The Bertz CT molecular complexity index is 510. The number of aromatic nitrogens is 1. The Morgan fingerprint density at radius 2 is 2.16 bits per heavy atom. The van der Waals surface area contributed by atoms with E-state index in [1.807, 2.05) is 18.2 Å². The Morgan fingerprint density at radius 1 is 1.37 bits per heavy atom. The van der Waals surface area contributed by atoms with Crippen LogP contribution in [0.2, 0.25) is 0 Å². The molecule has 0 unspecified atom stereocenters. The van der Waals surface area contributed by atoms with Crippen LogP contribution in [-0.2, 0) is 16.0 Å². The van der Waals surface area contributed by atoms with E-state index in [0.717, 1.165) is 21.4 Å². The van der Waals surface area contributed by atoms with Crippen molar-refractivity contribution in [3.8, 4) is 0 Å². The average Bonchev–Trinajstić information content (AvgIpc) is 3.01. The Balaban J connectivity index is 1.79. The molecule has 0 bridgehead atoms. The molecule has 0 spiro atoms. The lowest BCUT2D eigenvalue weighted by molar-refractivity contribution is -0.139. The van der Waals surface area contributed by atoms with E-state index in [1.54, 1.807) is 29.7 Å². The van der Waals surface area contributed by atoms with Gasteiger partial charge in [-0.3, -0.25) is 4.98 Å². The van der Waals surface area contributed by atoms with Crippen LogP contribution in [0.4, 0.5) is 0 Å². The van der Waals surface area contributed by atoms with Crippen molar-refractivity contribution in [2.24, 2.45) is 0 Å². The molecule has 100 valence electrons. The minimum atomic E-state index is -0.845. The fourth-order valence-electron chi connectivity index (χ4n) is 2.12. The van der Waals surface area contributed by atoms with Gasteiger partial charge >= 0.3 is 5.97 Å². The molecule has 1 aromatic rings. The summed E-state index contributed by atoms with van der Waals surface area (Å²) in [6, 6.07) is 5.58. The van der Waals surface area contributed by atoms with Gasteiger partial charge in [0.15, 0.2) is 0 Å². The third kappa shape index (κ3) is 2.66. The first kappa shape index (κ1) is 13.0. The maximum Gasteiger partial charge on any atom is 0.338 e. The third-order valence-corrected chi connectivity index (χ3v) is 5.78. The second-order valence-electron chi connectivity index (χ2n) is 4.31. The number of ether oxygens (including phenoxy) is 1. The lowest BCUT2D eigenvalue weighted by Gasteiger charge is -2.12. The summed E-state index contributed by atoms with van der Waals surface area (Å²) in [6.07, 6.45) is 0.773. The van der Waals surface area contributed by atoms with Gasteiger partial charge in [-0.2, -0.15) is 0 Å². The van der Waals surface area contributed by atoms with Crippen LogP contribution < -0.4 is 0 Å². The van der Waals surface area contributed by atoms with Crippen LogP contribution in [0.25, 0.3) is 0 Å². The molecule has 0 saturated carbocycles. The molecule has 2 aliphatic rings. The fourth-order valence-corrected chi connectivity index (χ4v) is 4.71. The molecule has 0 radical (unpaired) electrons. The van der Waals surface area contributed by atoms with E-state index in [0.29, 0.717) is 12.0 Å². The highest BCUT2D eigenvalue weighted by Crippen LogP contribution is 2.42. The number of aliphatic hydroxyl groups excluding tert-OH is 1. The van der Waals surface area contributed by atoms with Crippen molar-refractivity contribution in [1.82, 2.24) is 4.98 Å². The van der Waals surface area contributed by atoms with Gasteiger partial charge in [0.2, 0.25) is 0 Å². The summed E-state index contributed by atoms with van der Waals surface area (Å²) in [5.74, 6) is 1.58. The predicted molar refractivity (Wildman–Crippen MR) is 75.8 cm³/mol. The zero-order valence-electron chi connectivity index (χ0n) is 10.1. The van der Waals surface area contributed by atoms with Crippen molar-refractivity contribution in [1.29, 1.82) is 0 Å². The van der Waals surface area contributed by atoms with Gasteiger partial charge in [0.25, 0.3) is 0 Å². The fraction of sp³-hybridized carbons (Fsp3) is 0.385. The molecule has 19 heavy (non-hydrogen) atoms. The summed E-state index contributed by atoms with van der Waals surface area (Å²) in [6.45, 7) is 0. The third-order valence-electron chi connectivity index (χ3n) is 3.03. The molecule has 2 aliphatic heterocycles. The van der Waals surface area contributed by atoms with Crippen molar-refractivity contribution in [3.63, 3.8) is 0 Å². The van der Waals surface area contributed by atoms with Crippen LogP contribution >= 0.6 is 23.5 Å². The van der Waals surface area contributed by atoms with E-state index in [-0.39, 0.29) is 5.97 Å². The van der Waals surface area contributed by atoms with E-state index >= 15 is 0 Å². The topological polar surface area (TPSA) is 59.4 Å². The van der Waals surface area contributed by atoms with Crippen LogP contribution in [0.5, 0.6) is 0 Å². The van der Waals surface area contributed by atoms with Gasteiger partial charge in [0.05, 0.1) is 9.81 Å². The molecule has 0 aliphatic carbocycles. The Labute approximate surface area is 119 Å². The highest BCUT2D eigenvalue weighted by atomic mass is 32.2. The second-order valence-corrected chi connectivity index (χ2v) is 6.78. The standard InChI is InChI=1S/C13H13NO3S2/c15-11-9(7-8-3-1-2-4-14-8)17-12(16)10(11)13-18-5-6-19-13/h1-4,9,11,15H,5-7H2/t9-,11+/m0/s1. The van der Waals surface area contributed by atoms with E-state index < -0.39 is 12.2 Å². The van der Waals surface area contributed by atoms with Crippen molar-refractivity contribution in [2.75, 3.05) is 11.5 Å². The number of thioether (sulfide) groups is 2. The number of carbonyl (C=O) groups excluding carboxylic acids is 1. The monoisotopic (exact) mass is 295 g/mol. The number of carbonyl (C=O) groups is 1. The molecule has 2 fully saturated rings. The van der Waals surface area contributed by atoms with Gasteiger partial charge in [-0.05, 0) is 12.1 Å². The van der Waals surface area contributed by atoms with Crippen LogP contribution in [0.15, 0.2) is 34.2 Å². The Hall–Kier alpha value is -0.980. The zero-order chi connectivity index (χ0) is 13.2. The van der Waals surface area contributed by atoms with E-state index in [2.05, 4.69) is 4.98 Å². The molecular formula is C13H13NO3S2. The average molecular weight is 295 g/mol. The minimum absolute atomic E-state index is 0.384. The van der Waals surface area contributed by atoms with Crippen molar-refractivity contribution >= 4 is 29.5 Å². The number of esters is 1. The van der Waals surface area contributed by atoms with Gasteiger partial charge < -0.3 is 9.84 Å². The normalized spacial score (nSPS) is 26.9. The summed E-state index contributed by atoms with van der Waals surface area (Å²) in [7, 11) is 0. The summed E-state index contributed by atoms with van der Waals surface area (Å²) < 4.78 is 6.21. The zero-order valence-corrected chi connectivity index (χ0v) is 11.7. The number of hydrogen-bond donors (Lipinski definition) is 1. The largest absolute Gasteiger partial charge is 0.455 e. The number of rotatable bonds is 2. The Kier molecular flexibility index (Phi) is 3.81. The summed E-state index contributed by atoms with van der Waals surface area (Å²) in [4.78, 5) is 16.1. The molecule has 2 saturated heterocycles. The van der Waals surface area contributed by atoms with Crippen molar-refractivity contribution < 1.29 is 14.6 Å². The number of pyridine rings is 1. The first-order valence-electron chi connectivity index (χ1n) is 6.04. The summed E-state index contributed by atoms with van der Waals surface area (Å²) >= 11 is 3.24. The van der Waals surface area contributed by atoms with Crippen LogP contribution in [0.1, 0.15) is 5.69 Å². The highest BCUT2D eigenvalue weighted by Gasteiger charge is 2.41. The molecule has 1 N–H and O–H groups in total. The van der Waals surface area contributed by atoms with Crippen molar-refractivity contribution in [2.45, 2.75) is 18.6 Å². The molecule has 4 nitrogen and oxygen atoms in total. The molecule has 3 rings (SSSR count). The minimum Gasteiger partial charge on any atom is -0.455 e. The summed E-state index contributed by atoms with van der Waals surface area (Å²) in [5.41, 5.74) is 1.26. The van der Waals surface area contributed by atoms with Crippen LogP contribution in [-0.4, -0.2) is 39.8 Å². The molecule has 6 heteroatoms. The van der Waals surface area contributed by atoms with Gasteiger partial charge in [0, 0.05) is 29.8 Å². The van der Waals surface area contributed by atoms with E-state index in [4.69, 9.17) is 4.74 Å². The van der Waals surface area contributed by atoms with Gasteiger partial charge in [-0.25, -0.2) is 4.79 Å². The molecule has 0 aromatic carbocycles. The van der Waals surface area contributed by atoms with Gasteiger partial charge in [0.1, 0.15) is 12.2 Å². The molecular weight excluding hydrogens is 282 g/mol. The van der Waals surface area contributed by atoms with Gasteiger partial charge in [-0.1, -0.05) is 6.07 Å². The van der Waals surface area contributed by atoms with E-state index in [1.165, 1.54) is 0 Å². The Morgan fingerprint density at radius 3 is 2.84 bits per heavy atom. The van der Waals surface area contributed by atoms with Crippen LogP contribution in [0.3, 0.4) is 0 Å². The molecule has 1 aromatic heterocycles. The molecule has 0 amide bonds.